The zero-order chi connectivity index (χ0) is 8.43. The molecule has 0 aromatic heterocycles. The van der Waals surface area contributed by atoms with Crippen LogP contribution < -0.4 is 0 Å². The first-order valence-corrected chi connectivity index (χ1v) is 3.25. The highest BCUT2D eigenvalue weighted by Gasteiger charge is 2.11. The normalized spacial score (nSPS) is 10.5. The van der Waals surface area contributed by atoms with Crippen molar-refractivity contribution in [2.24, 2.45) is 0 Å². The van der Waals surface area contributed by atoms with Crippen LogP contribution >= 0.6 is 11.6 Å². The zero-order valence-electron chi connectivity index (χ0n) is 5.39. The highest BCUT2D eigenvalue weighted by Crippen LogP contribution is 2.29. The lowest BCUT2D eigenvalue weighted by molar-refractivity contribution is 0.151. The molecule has 0 amide bonds. The van der Waals surface area contributed by atoms with Crippen molar-refractivity contribution >= 4 is 11.6 Å². The Kier molecular flexibility index (Phi) is 2.29. The predicted molar refractivity (Wildman–Crippen MR) is 38.1 cm³/mol. The Morgan fingerprint density at radius 2 is 2.00 bits per heavy atom. The van der Waals surface area contributed by atoms with Gasteiger partial charge in [0.25, 0.3) is 6.43 Å². The highest BCUT2D eigenvalue weighted by molar-refractivity contribution is 6.31. The van der Waals surface area contributed by atoms with Gasteiger partial charge in [-0.15, -0.1) is 0 Å². The van der Waals surface area contributed by atoms with E-state index >= 15 is 0 Å². The van der Waals surface area contributed by atoms with Crippen LogP contribution in [0.25, 0.3) is 0 Å². The van der Waals surface area contributed by atoms with E-state index in [1.54, 1.807) is 0 Å². The molecule has 0 atom stereocenters. The monoisotopic (exact) mass is 178 g/mol. The second-order valence-corrected chi connectivity index (χ2v) is 2.41. The quantitative estimate of drug-likeness (QED) is 0.701. The van der Waals surface area contributed by atoms with E-state index in [1.165, 1.54) is 6.07 Å². The highest BCUT2D eigenvalue weighted by atomic mass is 35.5. The van der Waals surface area contributed by atoms with Gasteiger partial charge in [-0.05, 0) is 18.2 Å². The van der Waals surface area contributed by atoms with Crippen molar-refractivity contribution in [2.45, 2.75) is 6.43 Å². The molecule has 0 saturated carbocycles. The predicted octanol–water partition coefficient (Wildman–Crippen LogP) is 2.98. The van der Waals surface area contributed by atoms with E-state index in [0.717, 1.165) is 12.1 Å². The Labute approximate surface area is 67.2 Å². The summed E-state index contributed by atoms with van der Waals surface area (Å²) in [6.45, 7) is 0. The van der Waals surface area contributed by atoms with Crippen molar-refractivity contribution in [3.05, 3.63) is 28.8 Å². The average Bonchev–Trinajstić information content (AvgIpc) is 1.85. The Morgan fingerprint density at radius 1 is 1.36 bits per heavy atom. The summed E-state index contributed by atoms with van der Waals surface area (Å²) in [5.74, 6) is -0.112. The van der Waals surface area contributed by atoms with Gasteiger partial charge in [-0.2, -0.15) is 0 Å². The summed E-state index contributed by atoms with van der Waals surface area (Å²) in [6, 6.07) is 3.36. The Balaban J connectivity index is 3.09. The van der Waals surface area contributed by atoms with E-state index in [-0.39, 0.29) is 16.3 Å². The number of aromatic hydroxyl groups is 1. The van der Waals surface area contributed by atoms with Crippen LogP contribution in [0.15, 0.2) is 18.2 Å². The standard InChI is InChI=1S/C7H5ClF2O/c8-6-3-4(11)1-2-5(6)7(9)10/h1-3,7,11H. The van der Waals surface area contributed by atoms with Gasteiger partial charge >= 0.3 is 0 Å². The van der Waals surface area contributed by atoms with Gasteiger partial charge in [0, 0.05) is 5.56 Å². The molecule has 0 fully saturated rings. The lowest BCUT2D eigenvalue weighted by Gasteiger charge is -2.01. The van der Waals surface area contributed by atoms with Gasteiger partial charge in [0.15, 0.2) is 0 Å². The molecular weight excluding hydrogens is 174 g/mol. The van der Waals surface area contributed by atoms with Crippen LogP contribution in [0.2, 0.25) is 5.02 Å². The first kappa shape index (κ1) is 8.27. The summed E-state index contributed by atoms with van der Waals surface area (Å²) in [4.78, 5) is 0. The molecule has 60 valence electrons. The second-order valence-electron chi connectivity index (χ2n) is 2.01. The minimum Gasteiger partial charge on any atom is -0.508 e. The molecule has 1 aromatic rings. The van der Waals surface area contributed by atoms with Gasteiger partial charge < -0.3 is 5.11 Å². The molecular formula is C7H5ClF2O. The molecule has 0 heterocycles. The zero-order valence-corrected chi connectivity index (χ0v) is 6.15. The summed E-state index contributed by atoms with van der Waals surface area (Å²) >= 11 is 5.38. The number of halogens is 3. The fourth-order valence-electron chi connectivity index (χ4n) is 0.693. The van der Waals surface area contributed by atoms with E-state index in [1.807, 2.05) is 0 Å². The van der Waals surface area contributed by atoms with Gasteiger partial charge in [-0.1, -0.05) is 11.6 Å². The third kappa shape index (κ3) is 1.80. The van der Waals surface area contributed by atoms with E-state index in [9.17, 15) is 8.78 Å². The first-order chi connectivity index (χ1) is 5.11. The number of hydrogen-bond donors (Lipinski definition) is 1. The van der Waals surface area contributed by atoms with Crippen molar-refractivity contribution in [2.75, 3.05) is 0 Å². The van der Waals surface area contributed by atoms with Crippen LogP contribution in [-0.2, 0) is 0 Å². The summed E-state index contributed by atoms with van der Waals surface area (Å²) in [7, 11) is 0. The van der Waals surface area contributed by atoms with E-state index in [4.69, 9.17) is 16.7 Å². The number of benzene rings is 1. The van der Waals surface area contributed by atoms with E-state index in [0.29, 0.717) is 0 Å². The van der Waals surface area contributed by atoms with Crippen molar-refractivity contribution in [3.63, 3.8) is 0 Å². The molecule has 4 heteroatoms. The maximum Gasteiger partial charge on any atom is 0.265 e. The average molecular weight is 179 g/mol. The lowest BCUT2D eigenvalue weighted by atomic mass is 10.2. The minimum absolute atomic E-state index is 0.111. The number of phenolic OH excluding ortho intramolecular Hbond substituents is 1. The van der Waals surface area contributed by atoms with Crippen molar-refractivity contribution < 1.29 is 13.9 Å². The summed E-state index contributed by atoms with van der Waals surface area (Å²) in [5, 5.41) is 8.68. The molecule has 11 heavy (non-hydrogen) atoms. The smallest absolute Gasteiger partial charge is 0.265 e. The van der Waals surface area contributed by atoms with Gasteiger partial charge in [0.05, 0.1) is 5.02 Å². The SMILES string of the molecule is Oc1ccc(C(F)F)c(Cl)c1. The molecule has 0 aliphatic rings. The number of rotatable bonds is 1. The molecule has 0 aliphatic heterocycles. The Bertz CT molecular complexity index is 263. The summed E-state index contributed by atoms with van der Waals surface area (Å²) < 4.78 is 24.0. The maximum atomic E-state index is 12.0. The molecule has 0 saturated heterocycles. The van der Waals surface area contributed by atoms with Crippen molar-refractivity contribution in [3.8, 4) is 5.75 Å². The van der Waals surface area contributed by atoms with Crippen molar-refractivity contribution in [1.29, 1.82) is 0 Å². The molecule has 0 radical (unpaired) electrons. The fourth-order valence-corrected chi connectivity index (χ4v) is 0.950. The minimum atomic E-state index is -2.59. The Morgan fingerprint density at radius 3 is 2.45 bits per heavy atom. The van der Waals surface area contributed by atoms with Crippen LogP contribution in [-0.4, -0.2) is 5.11 Å². The molecule has 1 rings (SSSR count). The number of phenols is 1. The van der Waals surface area contributed by atoms with Crippen LogP contribution in [0.5, 0.6) is 5.75 Å². The third-order valence-electron chi connectivity index (χ3n) is 1.22. The molecule has 0 aliphatic carbocycles. The summed E-state index contributed by atoms with van der Waals surface area (Å²) in [6.07, 6.45) is -2.59. The topological polar surface area (TPSA) is 20.2 Å². The Hall–Kier alpha value is -0.830. The summed E-state index contributed by atoms with van der Waals surface area (Å²) in [5.41, 5.74) is -0.260. The van der Waals surface area contributed by atoms with Crippen LogP contribution in [0.1, 0.15) is 12.0 Å². The fraction of sp³-hybridized carbons (Fsp3) is 0.143. The number of alkyl halides is 2. The molecule has 1 N–H and O–H groups in total. The largest absolute Gasteiger partial charge is 0.508 e. The van der Waals surface area contributed by atoms with Gasteiger partial charge in [0.1, 0.15) is 5.75 Å². The number of hydrogen-bond acceptors (Lipinski definition) is 1. The second kappa shape index (κ2) is 3.05. The molecule has 0 spiro atoms. The van der Waals surface area contributed by atoms with Gasteiger partial charge in [0.2, 0.25) is 0 Å². The van der Waals surface area contributed by atoms with Gasteiger partial charge in [-0.25, -0.2) is 8.78 Å². The van der Waals surface area contributed by atoms with Crippen molar-refractivity contribution in [1.82, 2.24) is 0 Å². The van der Waals surface area contributed by atoms with E-state index < -0.39 is 6.43 Å². The maximum absolute atomic E-state index is 12.0. The molecule has 1 nitrogen and oxygen atoms in total. The molecule has 1 aromatic carbocycles. The lowest BCUT2D eigenvalue weighted by Crippen LogP contribution is -1.84. The molecule has 0 bridgehead atoms. The first-order valence-electron chi connectivity index (χ1n) is 2.88. The van der Waals surface area contributed by atoms with E-state index in [2.05, 4.69) is 0 Å². The van der Waals surface area contributed by atoms with Crippen LogP contribution in [0.3, 0.4) is 0 Å². The van der Waals surface area contributed by atoms with Crippen LogP contribution in [0.4, 0.5) is 8.78 Å². The van der Waals surface area contributed by atoms with Crippen LogP contribution in [0, 0.1) is 0 Å². The van der Waals surface area contributed by atoms with Gasteiger partial charge in [-0.3, -0.25) is 0 Å². The third-order valence-corrected chi connectivity index (χ3v) is 1.55. The molecule has 0 unspecified atom stereocenters.